The van der Waals surface area contributed by atoms with Crippen molar-refractivity contribution in [2.45, 2.75) is 50.4 Å². The first-order chi connectivity index (χ1) is 24.9. The van der Waals surface area contributed by atoms with E-state index in [2.05, 4.69) is 29.6 Å². The number of carbonyl (C=O) groups is 3. The van der Waals surface area contributed by atoms with E-state index in [1.807, 2.05) is 122 Å². The lowest BCUT2D eigenvalue weighted by molar-refractivity contribution is -0.157. The third-order valence-corrected chi connectivity index (χ3v) is 9.83. The van der Waals surface area contributed by atoms with Gasteiger partial charge in [0.2, 0.25) is 0 Å². The van der Waals surface area contributed by atoms with Gasteiger partial charge in [-0.25, -0.2) is 4.79 Å². The van der Waals surface area contributed by atoms with Gasteiger partial charge >= 0.3 is 12.1 Å². The quantitative estimate of drug-likeness (QED) is 0.0935. The second-order valence-corrected chi connectivity index (χ2v) is 12.8. The van der Waals surface area contributed by atoms with Gasteiger partial charge in [-0.1, -0.05) is 146 Å². The van der Waals surface area contributed by atoms with Crippen LogP contribution in [0.3, 0.4) is 0 Å². The minimum absolute atomic E-state index is 0.111. The lowest BCUT2D eigenvalue weighted by Gasteiger charge is -2.39. The Labute approximate surface area is 299 Å². The number of amides is 1. The van der Waals surface area contributed by atoms with E-state index in [0.29, 0.717) is 6.42 Å². The standard InChI is InChI=1S/C44H43NO6/c1-4-40(45-43(48)50-29-39-36-26-16-14-24-34(36)35-25-15-17-27-37(35)39)41(46)28-38(42(47)49-3)30(2)51-44(31-18-8-5-9-19-31,32-20-10-6-11-21-32)33-22-12-7-13-23-33/h5-27,30,38-40H,4,28-29H2,1-3H3,(H,45,48)/t30-,38+,40?/m1/s1. The summed E-state index contributed by atoms with van der Waals surface area (Å²) in [5.74, 6) is -1.97. The van der Waals surface area contributed by atoms with Gasteiger partial charge in [0.25, 0.3) is 0 Å². The summed E-state index contributed by atoms with van der Waals surface area (Å²) < 4.78 is 18.0. The number of hydrogen-bond donors (Lipinski definition) is 1. The Kier molecular flexibility index (Phi) is 11.1. The lowest BCUT2D eigenvalue weighted by atomic mass is 9.79. The molecule has 0 bridgehead atoms. The van der Waals surface area contributed by atoms with Crippen LogP contribution in [-0.2, 0) is 29.4 Å². The second-order valence-electron chi connectivity index (χ2n) is 12.8. The highest BCUT2D eigenvalue weighted by molar-refractivity contribution is 5.90. The number of rotatable bonds is 14. The minimum atomic E-state index is -1.11. The Morgan fingerprint density at radius 2 is 1.14 bits per heavy atom. The summed E-state index contributed by atoms with van der Waals surface area (Å²) in [7, 11) is 1.30. The van der Waals surface area contributed by atoms with Crippen LogP contribution in [0, 0.1) is 5.92 Å². The fourth-order valence-electron chi connectivity index (χ4n) is 7.23. The summed E-state index contributed by atoms with van der Waals surface area (Å²) >= 11 is 0. The van der Waals surface area contributed by atoms with E-state index in [0.717, 1.165) is 38.9 Å². The second kappa shape index (κ2) is 16.0. The molecule has 0 aromatic heterocycles. The summed E-state index contributed by atoms with van der Waals surface area (Å²) in [6.45, 7) is 3.73. The SMILES string of the molecule is CCC(NC(=O)OCC1c2ccccc2-c2ccccc21)C(=O)C[C@H](C(=O)OC)[C@@H](C)OC(c1ccccc1)(c1ccccc1)c1ccccc1. The van der Waals surface area contributed by atoms with E-state index in [9.17, 15) is 14.4 Å². The molecule has 5 aromatic carbocycles. The van der Waals surface area contributed by atoms with E-state index < -0.39 is 35.7 Å². The van der Waals surface area contributed by atoms with E-state index in [1.54, 1.807) is 6.92 Å². The zero-order valence-corrected chi connectivity index (χ0v) is 29.2. The molecule has 5 aromatic rings. The number of methoxy groups -OCH3 is 1. The third kappa shape index (κ3) is 7.35. The number of hydrogen-bond acceptors (Lipinski definition) is 6. The van der Waals surface area contributed by atoms with Gasteiger partial charge in [0.15, 0.2) is 5.78 Å². The molecule has 0 spiro atoms. The van der Waals surface area contributed by atoms with E-state index in [1.165, 1.54) is 7.11 Å². The molecular weight excluding hydrogens is 638 g/mol. The topological polar surface area (TPSA) is 90.9 Å². The Hall–Kier alpha value is -5.53. The number of alkyl carbamates (subject to hydrolysis) is 1. The molecule has 260 valence electrons. The van der Waals surface area contributed by atoms with Gasteiger partial charge in [0.1, 0.15) is 12.2 Å². The first-order valence-electron chi connectivity index (χ1n) is 17.4. The normalized spacial score (nSPS) is 14.0. The summed E-state index contributed by atoms with van der Waals surface area (Å²) in [6.07, 6.45) is -1.36. The molecule has 6 rings (SSSR count). The van der Waals surface area contributed by atoms with Crippen LogP contribution in [0.4, 0.5) is 4.79 Å². The van der Waals surface area contributed by atoms with Gasteiger partial charge in [-0.3, -0.25) is 9.59 Å². The predicted molar refractivity (Wildman–Crippen MR) is 197 cm³/mol. The third-order valence-electron chi connectivity index (χ3n) is 9.83. The molecule has 51 heavy (non-hydrogen) atoms. The lowest BCUT2D eigenvalue weighted by Crippen LogP contribution is -2.45. The highest BCUT2D eigenvalue weighted by Crippen LogP contribution is 2.45. The van der Waals surface area contributed by atoms with Crippen LogP contribution < -0.4 is 5.32 Å². The van der Waals surface area contributed by atoms with Gasteiger partial charge in [0, 0.05) is 12.3 Å². The Morgan fingerprint density at radius 3 is 1.59 bits per heavy atom. The van der Waals surface area contributed by atoms with Gasteiger partial charge in [-0.2, -0.15) is 0 Å². The van der Waals surface area contributed by atoms with E-state index >= 15 is 0 Å². The molecule has 1 unspecified atom stereocenters. The first-order valence-corrected chi connectivity index (χ1v) is 17.4. The number of benzene rings is 5. The molecule has 1 aliphatic carbocycles. The molecule has 7 heteroatoms. The maximum absolute atomic E-state index is 13.9. The summed E-state index contributed by atoms with van der Waals surface area (Å²) in [6, 6.07) is 44.9. The van der Waals surface area contributed by atoms with Crippen LogP contribution >= 0.6 is 0 Å². The molecule has 1 aliphatic rings. The average molecular weight is 682 g/mol. The summed E-state index contributed by atoms with van der Waals surface area (Å²) in [5.41, 5.74) is 5.95. The molecule has 1 N–H and O–H groups in total. The van der Waals surface area contributed by atoms with E-state index in [-0.39, 0.29) is 24.7 Å². The van der Waals surface area contributed by atoms with E-state index in [4.69, 9.17) is 14.2 Å². The summed E-state index contributed by atoms with van der Waals surface area (Å²) in [4.78, 5) is 40.4. The molecule has 0 aliphatic heterocycles. The fourth-order valence-corrected chi connectivity index (χ4v) is 7.23. The molecule has 1 amide bonds. The molecule has 0 fully saturated rings. The largest absolute Gasteiger partial charge is 0.469 e. The smallest absolute Gasteiger partial charge is 0.407 e. The van der Waals surface area contributed by atoms with Gasteiger partial charge < -0.3 is 19.5 Å². The Bertz CT molecular complexity index is 1800. The number of Topliss-reactive ketones (excluding diaryl/α,β-unsaturated/α-hetero) is 1. The number of ketones is 1. The molecule has 3 atom stereocenters. The number of carbonyl (C=O) groups excluding carboxylic acids is 3. The Balaban J connectivity index is 1.20. The van der Waals surface area contributed by atoms with Crippen LogP contribution in [0.25, 0.3) is 11.1 Å². The molecular formula is C44H43NO6. The maximum Gasteiger partial charge on any atom is 0.407 e. The van der Waals surface area contributed by atoms with Crippen molar-refractivity contribution < 1.29 is 28.6 Å². The van der Waals surface area contributed by atoms with Crippen molar-refractivity contribution in [1.82, 2.24) is 5.32 Å². The number of nitrogens with one attached hydrogen (secondary N) is 1. The van der Waals surface area contributed by atoms with Crippen LogP contribution in [-0.4, -0.2) is 43.7 Å². The molecule has 0 saturated carbocycles. The molecule has 0 saturated heterocycles. The molecule has 7 nitrogen and oxygen atoms in total. The van der Waals surface area contributed by atoms with Crippen molar-refractivity contribution in [3.8, 4) is 11.1 Å². The molecule has 0 radical (unpaired) electrons. The monoisotopic (exact) mass is 681 g/mol. The van der Waals surface area contributed by atoms with Crippen LogP contribution in [0.2, 0.25) is 0 Å². The van der Waals surface area contributed by atoms with Crippen LogP contribution in [0.5, 0.6) is 0 Å². The zero-order valence-electron chi connectivity index (χ0n) is 29.2. The average Bonchev–Trinajstić information content (AvgIpc) is 3.51. The number of esters is 1. The van der Waals surface area contributed by atoms with Gasteiger partial charge in [-0.05, 0) is 52.3 Å². The Morgan fingerprint density at radius 1 is 0.686 bits per heavy atom. The highest BCUT2D eigenvalue weighted by atomic mass is 16.5. The first kappa shape index (κ1) is 35.3. The van der Waals surface area contributed by atoms with Crippen molar-refractivity contribution in [3.63, 3.8) is 0 Å². The summed E-state index contributed by atoms with van der Waals surface area (Å²) in [5, 5.41) is 2.76. The van der Waals surface area contributed by atoms with Crippen molar-refractivity contribution in [1.29, 1.82) is 0 Å². The molecule has 0 heterocycles. The van der Waals surface area contributed by atoms with Gasteiger partial charge in [0.05, 0.1) is 25.2 Å². The highest BCUT2D eigenvalue weighted by Gasteiger charge is 2.43. The maximum atomic E-state index is 13.9. The van der Waals surface area contributed by atoms with Crippen LogP contribution in [0.1, 0.15) is 60.4 Å². The van der Waals surface area contributed by atoms with Crippen LogP contribution in [0.15, 0.2) is 140 Å². The zero-order chi connectivity index (χ0) is 35.8. The number of fused-ring (bicyclic) bond motifs is 3. The minimum Gasteiger partial charge on any atom is -0.469 e. The number of ether oxygens (including phenoxy) is 3. The fraction of sp³-hybridized carbons (Fsp3) is 0.250. The van der Waals surface area contributed by atoms with Gasteiger partial charge in [-0.15, -0.1) is 0 Å². The van der Waals surface area contributed by atoms with Crippen molar-refractivity contribution in [3.05, 3.63) is 167 Å². The van der Waals surface area contributed by atoms with Crippen molar-refractivity contribution in [2.75, 3.05) is 13.7 Å². The van der Waals surface area contributed by atoms with Crippen molar-refractivity contribution >= 4 is 17.8 Å². The predicted octanol–water partition coefficient (Wildman–Crippen LogP) is 8.45. The van der Waals surface area contributed by atoms with Crippen molar-refractivity contribution in [2.24, 2.45) is 5.92 Å².